The smallest absolute Gasteiger partial charge is 0.255 e. The summed E-state index contributed by atoms with van der Waals surface area (Å²) in [6, 6.07) is 16.3. The molecule has 0 heterocycles. The van der Waals surface area contributed by atoms with E-state index in [9.17, 15) is 8.42 Å². The molecule has 0 bridgehead atoms. The van der Waals surface area contributed by atoms with Gasteiger partial charge in [-0.05, 0) is 23.3 Å². The molecule has 2 rings (SSSR count). The van der Waals surface area contributed by atoms with E-state index in [1.54, 1.807) is 24.3 Å². The van der Waals surface area contributed by atoms with Crippen molar-refractivity contribution in [2.45, 2.75) is 6.54 Å². The monoisotopic (exact) mass is 288 g/mol. The molecule has 0 aliphatic carbocycles. The van der Waals surface area contributed by atoms with Gasteiger partial charge in [-0.1, -0.05) is 48.5 Å². The molecule has 2 aromatic carbocycles. The number of anilines is 1. The van der Waals surface area contributed by atoms with E-state index in [1.165, 1.54) is 0 Å². The van der Waals surface area contributed by atoms with E-state index in [-0.39, 0.29) is 6.54 Å². The first-order chi connectivity index (χ1) is 9.61. The largest absolute Gasteiger partial charge is 0.326 e. The van der Waals surface area contributed by atoms with Crippen molar-refractivity contribution < 1.29 is 8.42 Å². The van der Waals surface area contributed by atoms with Gasteiger partial charge in [0.15, 0.2) is 0 Å². The molecular weight excluding hydrogens is 272 g/mol. The predicted octanol–water partition coefficient (Wildman–Crippen LogP) is 2.56. The van der Waals surface area contributed by atoms with E-state index in [2.05, 4.69) is 4.72 Å². The zero-order valence-electron chi connectivity index (χ0n) is 10.9. The van der Waals surface area contributed by atoms with Crippen LogP contribution < -0.4 is 10.5 Å². The van der Waals surface area contributed by atoms with Gasteiger partial charge in [-0.15, -0.1) is 0 Å². The van der Waals surface area contributed by atoms with Gasteiger partial charge in [0.05, 0.1) is 11.1 Å². The number of nitrogens with one attached hydrogen (secondary N) is 1. The Balaban J connectivity index is 2.18. The van der Waals surface area contributed by atoms with Crippen molar-refractivity contribution in [2.24, 2.45) is 5.73 Å². The van der Waals surface area contributed by atoms with Crippen LogP contribution >= 0.6 is 0 Å². The van der Waals surface area contributed by atoms with Crippen LogP contribution in [-0.4, -0.2) is 8.42 Å². The maximum atomic E-state index is 12.0. The topological polar surface area (TPSA) is 72.2 Å². The second-order valence-corrected chi connectivity index (χ2v) is 5.79. The van der Waals surface area contributed by atoms with Gasteiger partial charge in [0.1, 0.15) is 0 Å². The molecule has 3 N–H and O–H groups in total. The van der Waals surface area contributed by atoms with Crippen molar-refractivity contribution in [3.8, 4) is 0 Å². The lowest BCUT2D eigenvalue weighted by Gasteiger charge is -2.08. The van der Waals surface area contributed by atoms with Gasteiger partial charge >= 0.3 is 0 Å². The number of rotatable bonds is 5. The predicted molar refractivity (Wildman–Crippen MR) is 82.4 cm³/mol. The van der Waals surface area contributed by atoms with Crippen LogP contribution in [0.3, 0.4) is 0 Å². The normalized spacial score (nSPS) is 11.7. The van der Waals surface area contributed by atoms with Gasteiger partial charge in [0.2, 0.25) is 0 Å². The van der Waals surface area contributed by atoms with E-state index in [1.807, 2.05) is 36.4 Å². The van der Waals surface area contributed by atoms with E-state index in [4.69, 9.17) is 5.73 Å². The fourth-order valence-corrected chi connectivity index (χ4v) is 2.63. The van der Waals surface area contributed by atoms with E-state index >= 15 is 0 Å². The van der Waals surface area contributed by atoms with Gasteiger partial charge in [0, 0.05) is 6.54 Å². The van der Waals surface area contributed by atoms with Gasteiger partial charge in [-0.3, -0.25) is 4.72 Å². The summed E-state index contributed by atoms with van der Waals surface area (Å²) in [6.07, 6.45) is 1.55. The quantitative estimate of drug-likeness (QED) is 0.888. The minimum atomic E-state index is -3.55. The Kier molecular flexibility index (Phi) is 4.55. The van der Waals surface area contributed by atoms with Crippen LogP contribution in [0.1, 0.15) is 11.1 Å². The van der Waals surface area contributed by atoms with Crippen LogP contribution in [0.25, 0.3) is 6.08 Å². The third-order valence-electron chi connectivity index (χ3n) is 2.73. The molecule has 0 radical (unpaired) electrons. The van der Waals surface area contributed by atoms with Crippen molar-refractivity contribution in [3.63, 3.8) is 0 Å². The Morgan fingerprint density at radius 3 is 2.35 bits per heavy atom. The molecule has 0 aliphatic heterocycles. The molecule has 0 atom stereocenters. The Morgan fingerprint density at radius 2 is 1.65 bits per heavy atom. The zero-order valence-corrected chi connectivity index (χ0v) is 11.7. The third kappa shape index (κ3) is 3.94. The third-order valence-corrected chi connectivity index (χ3v) is 3.73. The van der Waals surface area contributed by atoms with Crippen molar-refractivity contribution in [3.05, 3.63) is 71.1 Å². The van der Waals surface area contributed by atoms with Crippen LogP contribution in [0.15, 0.2) is 60.0 Å². The lowest BCUT2D eigenvalue weighted by atomic mass is 10.2. The minimum absolute atomic E-state index is 0.279. The molecule has 0 amide bonds. The summed E-state index contributed by atoms with van der Waals surface area (Å²) in [5, 5.41) is 1.15. The number of hydrogen-bond donors (Lipinski definition) is 2. The highest BCUT2D eigenvalue weighted by atomic mass is 32.2. The number of sulfonamides is 1. The fourth-order valence-electron chi connectivity index (χ4n) is 1.72. The SMILES string of the molecule is NCc1ccccc1NS(=O)(=O)C=Cc1ccccc1. The number of nitrogens with two attached hydrogens (primary N) is 1. The lowest BCUT2D eigenvalue weighted by Crippen LogP contribution is -2.11. The number of hydrogen-bond acceptors (Lipinski definition) is 3. The molecular formula is C15H16N2O2S. The minimum Gasteiger partial charge on any atom is -0.326 e. The first kappa shape index (κ1) is 14.3. The van der Waals surface area contributed by atoms with Crippen LogP contribution in [0.2, 0.25) is 0 Å². The Bertz CT molecular complexity index is 695. The van der Waals surface area contributed by atoms with E-state index in [0.717, 1.165) is 16.5 Å². The molecule has 104 valence electrons. The maximum Gasteiger partial charge on any atom is 0.255 e. The van der Waals surface area contributed by atoms with Crippen LogP contribution in [0.4, 0.5) is 5.69 Å². The van der Waals surface area contributed by atoms with Gasteiger partial charge in [-0.25, -0.2) is 8.42 Å². The molecule has 0 saturated carbocycles. The molecule has 5 heteroatoms. The Morgan fingerprint density at radius 1 is 1.00 bits per heavy atom. The molecule has 0 fully saturated rings. The average molecular weight is 288 g/mol. The summed E-state index contributed by atoms with van der Waals surface area (Å²) >= 11 is 0. The number of benzene rings is 2. The fraction of sp³-hybridized carbons (Fsp3) is 0.0667. The maximum absolute atomic E-state index is 12.0. The highest BCUT2D eigenvalue weighted by Crippen LogP contribution is 2.16. The molecule has 20 heavy (non-hydrogen) atoms. The van der Waals surface area contributed by atoms with E-state index in [0.29, 0.717) is 5.69 Å². The molecule has 4 nitrogen and oxygen atoms in total. The summed E-state index contributed by atoms with van der Waals surface area (Å²) < 4.78 is 26.5. The summed E-state index contributed by atoms with van der Waals surface area (Å²) in [7, 11) is -3.55. The highest BCUT2D eigenvalue weighted by molar-refractivity contribution is 7.95. The van der Waals surface area contributed by atoms with E-state index < -0.39 is 10.0 Å². The average Bonchev–Trinajstić information content (AvgIpc) is 2.47. The summed E-state index contributed by atoms with van der Waals surface area (Å²) in [5.74, 6) is 0. The Hall–Kier alpha value is -2.11. The molecule has 0 unspecified atom stereocenters. The van der Waals surface area contributed by atoms with Crippen molar-refractivity contribution in [1.82, 2.24) is 0 Å². The summed E-state index contributed by atoms with van der Waals surface area (Å²) in [5.41, 5.74) is 7.67. The van der Waals surface area contributed by atoms with Gasteiger partial charge < -0.3 is 5.73 Å². The van der Waals surface area contributed by atoms with Crippen LogP contribution in [-0.2, 0) is 16.6 Å². The second-order valence-electron chi connectivity index (χ2n) is 4.22. The lowest BCUT2D eigenvalue weighted by molar-refractivity contribution is 0.609. The molecule has 0 saturated heterocycles. The molecule has 0 aromatic heterocycles. The highest BCUT2D eigenvalue weighted by Gasteiger charge is 2.08. The van der Waals surface area contributed by atoms with Crippen molar-refractivity contribution in [1.29, 1.82) is 0 Å². The molecule has 2 aromatic rings. The summed E-state index contributed by atoms with van der Waals surface area (Å²) in [6.45, 7) is 0.279. The standard InChI is InChI=1S/C15H16N2O2S/c16-12-14-8-4-5-9-15(14)17-20(18,19)11-10-13-6-2-1-3-7-13/h1-11,17H,12,16H2. The second kappa shape index (κ2) is 6.36. The van der Waals surface area contributed by atoms with Crippen molar-refractivity contribution in [2.75, 3.05) is 4.72 Å². The van der Waals surface area contributed by atoms with Crippen LogP contribution in [0, 0.1) is 0 Å². The molecule has 0 aliphatic rings. The molecule has 0 spiro atoms. The summed E-state index contributed by atoms with van der Waals surface area (Å²) in [4.78, 5) is 0. The van der Waals surface area contributed by atoms with Crippen molar-refractivity contribution >= 4 is 21.8 Å². The van der Waals surface area contributed by atoms with Gasteiger partial charge in [0.25, 0.3) is 10.0 Å². The Labute approximate surface area is 119 Å². The van der Waals surface area contributed by atoms with Gasteiger partial charge in [-0.2, -0.15) is 0 Å². The first-order valence-electron chi connectivity index (χ1n) is 6.15. The zero-order chi connectivity index (χ0) is 14.4. The van der Waals surface area contributed by atoms with Crippen LogP contribution in [0.5, 0.6) is 0 Å². The number of para-hydroxylation sites is 1. The first-order valence-corrected chi connectivity index (χ1v) is 7.69.